The van der Waals surface area contributed by atoms with Gasteiger partial charge >= 0.3 is 6.18 Å². The van der Waals surface area contributed by atoms with Crippen LogP contribution in [0.2, 0.25) is 0 Å². The number of carbonyl (C=O) groups excluding carboxylic acids is 1. The molecular weight excluding hydrogens is 337 g/mol. The summed E-state index contributed by atoms with van der Waals surface area (Å²) in [7, 11) is 1.62. The Balaban J connectivity index is 1.72. The largest absolute Gasteiger partial charge is 0.416 e. The maximum absolute atomic E-state index is 12.8. The van der Waals surface area contributed by atoms with E-state index in [0.717, 1.165) is 16.8 Å². The van der Waals surface area contributed by atoms with Gasteiger partial charge in [-0.2, -0.15) is 13.2 Å². The molecule has 1 aromatic heterocycles. The second-order valence-corrected chi connectivity index (χ2v) is 6.27. The predicted octanol–water partition coefficient (Wildman–Crippen LogP) is 2.13. The Morgan fingerprint density at radius 2 is 2.12 bits per heavy atom. The number of hydrogen-bond acceptors (Lipinski definition) is 4. The van der Waals surface area contributed by atoms with Crippen LogP contribution < -0.4 is 0 Å². The molecule has 1 fully saturated rings. The molecule has 2 aromatic rings. The molecule has 1 aliphatic carbocycles. The van der Waals surface area contributed by atoms with Crippen LogP contribution >= 0.6 is 0 Å². The van der Waals surface area contributed by atoms with E-state index in [1.54, 1.807) is 7.05 Å². The van der Waals surface area contributed by atoms with Crippen molar-refractivity contribution in [3.05, 3.63) is 41.7 Å². The topological polar surface area (TPSA) is 71.2 Å². The first-order valence-electron chi connectivity index (χ1n) is 7.77. The average Bonchev–Trinajstić information content (AvgIpc) is 3.02. The summed E-state index contributed by atoms with van der Waals surface area (Å²) >= 11 is 0. The molecule has 6 nitrogen and oxygen atoms in total. The number of carbonyl (C=O) groups is 1. The lowest BCUT2D eigenvalue weighted by molar-refractivity contribution is -0.137. The Bertz CT molecular complexity index is 769. The third-order valence-electron chi connectivity index (χ3n) is 4.24. The van der Waals surface area contributed by atoms with E-state index in [1.807, 2.05) is 0 Å². The Morgan fingerprint density at radius 1 is 1.40 bits per heavy atom. The summed E-state index contributed by atoms with van der Waals surface area (Å²) in [6.07, 6.45) is -2.12. The molecule has 0 radical (unpaired) electrons. The Labute approximate surface area is 141 Å². The van der Waals surface area contributed by atoms with Crippen LogP contribution in [-0.4, -0.2) is 50.6 Å². The molecule has 0 saturated heterocycles. The lowest BCUT2D eigenvalue weighted by Crippen LogP contribution is -2.39. The highest BCUT2D eigenvalue weighted by Gasteiger charge is 2.31. The van der Waals surface area contributed by atoms with E-state index < -0.39 is 11.7 Å². The molecule has 0 spiro atoms. The summed E-state index contributed by atoms with van der Waals surface area (Å²) in [5.41, 5.74) is -0.569. The zero-order valence-electron chi connectivity index (χ0n) is 13.4. The van der Waals surface area contributed by atoms with Crippen LogP contribution in [-0.2, 0) is 6.18 Å². The highest BCUT2D eigenvalue weighted by Crippen LogP contribution is 2.30. The molecule has 1 saturated carbocycles. The summed E-state index contributed by atoms with van der Waals surface area (Å²) in [6, 6.07) is 4.64. The average molecular weight is 354 g/mol. The maximum Gasteiger partial charge on any atom is 0.416 e. The number of hydrogen-bond donors (Lipinski definition) is 1. The van der Waals surface area contributed by atoms with Gasteiger partial charge in [0.2, 0.25) is 0 Å². The number of halogens is 3. The fourth-order valence-corrected chi connectivity index (χ4v) is 2.83. The monoisotopic (exact) mass is 354 g/mol. The standard InChI is InChI=1S/C16H17F3N4O2/c1-22(8-10-5-13(24)6-10)15(25)14-9-23(21-20-14)12-4-2-3-11(7-12)16(17,18)19/h2-4,7,9-10,13,24H,5-6,8H2,1H3. The van der Waals surface area contributed by atoms with Crippen LogP contribution in [0.1, 0.15) is 28.9 Å². The molecular formula is C16H17F3N4O2. The minimum atomic E-state index is -4.46. The molecule has 1 N–H and O–H groups in total. The maximum atomic E-state index is 12.8. The van der Waals surface area contributed by atoms with Crippen LogP contribution in [0.3, 0.4) is 0 Å². The second kappa shape index (κ2) is 6.47. The van der Waals surface area contributed by atoms with Crippen molar-refractivity contribution in [1.82, 2.24) is 19.9 Å². The number of benzene rings is 1. The van der Waals surface area contributed by atoms with Gasteiger partial charge in [0.1, 0.15) is 0 Å². The van der Waals surface area contributed by atoms with Gasteiger partial charge in [0.05, 0.1) is 23.6 Å². The van der Waals surface area contributed by atoms with Crippen molar-refractivity contribution in [2.45, 2.75) is 25.1 Å². The molecule has 1 amide bonds. The number of aromatic nitrogens is 3. The lowest BCUT2D eigenvalue weighted by Gasteiger charge is -2.34. The van der Waals surface area contributed by atoms with Gasteiger partial charge < -0.3 is 10.0 Å². The molecule has 0 unspecified atom stereocenters. The van der Waals surface area contributed by atoms with E-state index >= 15 is 0 Å². The normalized spacial score (nSPS) is 20.2. The van der Waals surface area contributed by atoms with Crippen LogP contribution in [0.15, 0.2) is 30.5 Å². The summed E-state index contributed by atoms with van der Waals surface area (Å²) in [6.45, 7) is 0.492. The quantitative estimate of drug-likeness (QED) is 0.913. The van der Waals surface area contributed by atoms with Gasteiger partial charge in [-0.05, 0) is 37.0 Å². The lowest BCUT2D eigenvalue weighted by atomic mass is 9.82. The summed E-state index contributed by atoms with van der Waals surface area (Å²) in [5.74, 6) is -0.109. The molecule has 0 atom stereocenters. The van der Waals surface area contributed by atoms with Gasteiger partial charge in [0.15, 0.2) is 5.69 Å². The van der Waals surface area contributed by atoms with Gasteiger partial charge in [-0.3, -0.25) is 4.79 Å². The van der Waals surface area contributed by atoms with Crippen molar-refractivity contribution < 1.29 is 23.1 Å². The van der Waals surface area contributed by atoms with Crippen LogP contribution in [0.5, 0.6) is 0 Å². The molecule has 1 heterocycles. The zero-order valence-corrected chi connectivity index (χ0v) is 13.4. The summed E-state index contributed by atoms with van der Waals surface area (Å²) in [5, 5.41) is 16.8. The number of alkyl halides is 3. The Hall–Kier alpha value is -2.42. The van der Waals surface area contributed by atoms with Crippen LogP contribution in [0.25, 0.3) is 5.69 Å². The van der Waals surface area contributed by atoms with Crippen LogP contribution in [0, 0.1) is 5.92 Å². The van der Waals surface area contributed by atoms with E-state index in [4.69, 9.17) is 0 Å². The van der Waals surface area contributed by atoms with Crippen molar-refractivity contribution in [3.63, 3.8) is 0 Å². The summed E-state index contributed by atoms with van der Waals surface area (Å²) in [4.78, 5) is 13.8. The van der Waals surface area contributed by atoms with E-state index in [9.17, 15) is 23.1 Å². The van der Waals surface area contributed by atoms with E-state index in [1.165, 1.54) is 23.2 Å². The smallest absolute Gasteiger partial charge is 0.393 e. The van der Waals surface area contributed by atoms with Gasteiger partial charge in [0.25, 0.3) is 5.91 Å². The highest BCUT2D eigenvalue weighted by molar-refractivity contribution is 5.91. The number of aliphatic hydroxyl groups is 1. The zero-order chi connectivity index (χ0) is 18.2. The summed E-state index contributed by atoms with van der Waals surface area (Å²) < 4.78 is 39.5. The number of nitrogens with zero attached hydrogens (tertiary/aromatic N) is 4. The van der Waals surface area contributed by atoms with Crippen molar-refractivity contribution >= 4 is 5.91 Å². The number of aliphatic hydroxyl groups excluding tert-OH is 1. The molecule has 3 rings (SSSR count). The fraction of sp³-hybridized carbons (Fsp3) is 0.438. The molecule has 134 valence electrons. The molecule has 9 heteroatoms. The predicted molar refractivity (Wildman–Crippen MR) is 82.1 cm³/mol. The molecule has 0 aliphatic heterocycles. The Morgan fingerprint density at radius 3 is 2.76 bits per heavy atom. The van der Waals surface area contributed by atoms with Gasteiger partial charge in [-0.25, -0.2) is 4.68 Å². The van der Waals surface area contributed by atoms with E-state index in [0.29, 0.717) is 19.4 Å². The van der Waals surface area contributed by atoms with Crippen molar-refractivity contribution in [2.75, 3.05) is 13.6 Å². The molecule has 0 bridgehead atoms. The Kier molecular flexibility index (Phi) is 4.51. The van der Waals surface area contributed by atoms with Gasteiger partial charge in [0, 0.05) is 13.6 Å². The first-order chi connectivity index (χ1) is 11.7. The van der Waals surface area contributed by atoms with Crippen molar-refractivity contribution in [3.8, 4) is 5.69 Å². The fourth-order valence-electron chi connectivity index (χ4n) is 2.83. The second-order valence-electron chi connectivity index (χ2n) is 6.27. The van der Waals surface area contributed by atoms with E-state index in [2.05, 4.69) is 10.3 Å². The van der Waals surface area contributed by atoms with Gasteiger partial charge in [-0.15, -0.1) is 5.10 Å². The number of rotatable bonds is 4. The molecule has 1 aliphatic rings. The van der Waals surface area contributed by atoms with Gasteiger partial charge in [-0.1, -0.05) is 11.3 Å². The first kappa shape index (κ1) is 17.4. The van der Waals surface area contributed by atoms with E-state index in [-0.39, 0.29) is 29.3 Å². The molecule has 25 heavy (non-hydrogen) atoms. The van der Waals surface area contributed by atoms with Crippen molar-refractivity contribution in [2.24, 2.45) is 5.92 Å². The minimum absolute atomic E-state index is 0.0554. The third-order valence-corrected chi connectivity index (χ3v) is 4.24. The highest BCUT2D eigenvalue weighted by atomic mass is 19.4. The molecule has 1 aromatic carbocycles. The van der Waals surface area contributed by atoms with Crippen molar-refractivity contribution in [1.29, 1.82) is 0 Å². The minimum Gasteiger partial charge on any atom is -0.393 e. The number of amides is 1. The first-order valence-corrected chi connectivity index (χ1v) is 7.77. The SMILES string of the molecule is CN(CC1CC(O)C1)C(=O)c1cn(-c2cccc(C(F)(F)F)c2)nn1. The third kappa shape index (κ3) is 3.81. The van der Waals surface area contributed by atoms with Crippen LogP contribution in [0.4, 0.5) is 13.2 Å².